The normalized spacial score (nSPS) is 37.3. The minimum Gasteiger partial charge on any atom is -0.465 e. The van der Waals surface area contributed by atoms with Gasteiger partial charge in [0.1, 0.15) is 17.6 Å². The Hall–Kier alpha value is -2.27. The highest BCUT2D eigenvalue weighted by Crippen LogP contribution is 2.57. The molecule has 1 N–H and O–H groups in total. The van der Waals surface area contributed by atoms with Crippen LogP contribution in [0.4, 0.5) is 0 Å². The Kier molecular flexibility index (Phi) is 8.71. The topological polar surface area (TPSA) is 109 Å². The molecule has 1 spiro atoms. The molecule has 3 fully saturated rings. The van der Waals surface area contributed by atoms with E-state index in [0.29, 0.717) is 32.8 Å². The Morgan fingerprint density at radius 2 is 1.80 bits per heavy atom. The second-order valence-corrected chi connectivity index (χ2v) is 12.1. The molecule has 10 heteroatoms. The lowest BCUT2D eigenvalue weighted by Gasteiger charge is -2.42. The number of carbonyl (C=O) groups excluding carboxylic acids is 3. The van der Waals surface area contributed by atoms with Crippen LogP contribution in [-0.2, 0) is 28.6 Å². The number of aliphatic hydroxyl groups is 1. The Labute approximate surface area is 237 Å². The number of esters is 1. The highest BCUT2D eigenvalue weighted by atomic mass is 16.6. The highest BCUT2D eigenvalue weighted by Gasteiger charge is 2.75. The third kappa shape index (κ3) is 5.01. The molecule has 1 unspecified atom stereocenters. The number of likely N-dealkylation sites (tertiary alicyclic amines) is 1. The number of rotatable bonds is 7. The molecule has 40 heavy (non-hydrogen) atoms. The van der Waals surface area contributed by atoms with E-state index in [9.17, 15) is 19.5 Å². The lowest BCUT2D eigenvalue weighted by molar-refractivity contribution is -0.162. The predicted molar refractivity (Wildman–Crippen MR) is 147 cm³/mol. The summed E-state index contributed by atoms with van der Waals surface area (Å²) in [6.45, 7) is 10.4. The molecule has 5 aliphatic heterocycles. The number of aliphatic hydroxyl groups excluding tert-OH is 1. The van der Waals surface area contributed by atoms with E-state index >= 15 is 0 Å². The standard InChI is InChI=1S/C30H45N3O7/c1-4-21(2)22(20-34)33-25-27(36)32(14-13-31-15-18-38-19-16-31)12-9-11-30(25)23(26(33)35)24-28(37)39-17-8-6-5-7-10-29(24,3)40-30/h7,9-11,21-25,34H,4-6,8,12-20H2,1-3H3/b10-7-/t21-,22-,23-,24+,25?,29-,30-/m0/s1. The van der Waals surface area contributed by atoms with Gasteiger partial charge in [0.15, 0.2) is 0 Å². The SMILES string of the molecule is CC[C@H](C)[C@H](CO)N1C(=O)[C@@H]2[C@@H]3C(=O)OCCCC/C=C\[C@]3(C)O[C@@]23C=CCN(CCN2CCOCC2)C(=O)C13. The third-order valence-corrected chi connectivity index (χ3v) is 9.66. The molecular weight excluding hydrogens is 514 g/mol. The molecule has 3 saturated heterocycles. The van der Waals surface area contributed by atoms with Crippen molar-refractivity contribution in [3.05, 3.63) is 24.3 Å². The molecule has 0 aromatic carbocycles. The van der Waals surface area contributed by atoms with Gasteiger partial charge in [-0.15, -0.1) is 0 Å². The summed E-state index contributed by atoms with van der Waals surface area (Å²) in [6.07, 6.45) is 10.8. The average molecular weight is 560 g/mol. The molecule has 5 heterocycles. The first-order chi connectivity index (χ1) is 19.3. The molecule has 0 aliphatic carbocycles. The van der Waals surface area contributed by atoms with E-state index in [1.165, 1.54) is 0 Å². The molecule has 0 aromatic rings. The van der Waals surface area contributed by atoms with Crippen LogP contribution in [0.5, 0.6) is 0 Å². The fourth-order valence-electron chi connectivity index (χ4n) is 7.24. The number of cyclic esters (lactones) is 1. The van der Waals surface area contributed by atoms with Crippen molar-refractivity contribution in [2.75, 3.05) is 59.2 Å². The van der Waals surface area contributed by atoms with E-state index in [-0.39, 0.29) is 30.9 Å². The van der Waals surface area contributed by atoms with Gasteiger partial charge in [-0.2, -0.15) is 0 Å². The van der Waals surface area contributed by atoms with Crippen molar-refractivity contribution in [2.45, 2.75) is 69.7 Å². The first kappa shape index (κ1) is 29.2. The van der Waals surface area contributed by atoms with Crippen molar-refractivity contribution in [2.24, 2.45) is 17.8 Å². The predicted octanol–water partition coefficient (Wildman–Crippen LogP) is 1.38. The maximum Gasteiger partial charge on any atom is 0.313 e. The minimum atomic E-state index is -1.35. The van der Waals surface area contributed by atoms with Gasteiger partial charge in [0, 0.05) is 32.7 Å². The van der Waals surface area contributed by atoms with Gasteiger partial charge in [-0.05, 0) is 32.1 Å². The molecule has 2 amide bonds. The van der Waals surface area contributed by atoms with Crippen LogP contribution in [0, 0.1) is 17.8 Å². The molecule has 10 nitrogen and oxygen atoms in total. The molecule has 0 radical (unpaired) electrons. The van der Waals surface area contributed by atoms with Gasteiger partial charge < -0.3 is 29.1 Å². The number of nitrogens with zero attached hydrogens (tertiary/aromatic N) is 3. The lowest BCUT2D eigenvalue weighted by Crippen LogP contribution is -2.60. The number of fused-ring (bicyclic) bond motifs is 2. The number of hydrogen-bond acceptors (Lipinski definition) is 8. The van der Waals surface area contributed by atoms with E-state index in [2.05, 4.69) is 4.90 Å². The summed E-state index contributed by atoms with van der Waals surface area (Å²) in [4.78, 5) is 48.3. The summed E-state index contributed by atoms with van der Waals surface area (Å²) in [5.74, 6) is -2.90. The summed E-state index contributed by atoms with van der Waals surface area (Å²) in [5.41, 5.74) is -2.46. The van der Waals surface area contributed by atoms with Crippen molar-refractivity contribution in [3.63, 3.8) is 0 Å². The van der Waals surface area contributed by atoms with Crippen molar-refractivity contribution in [1.82, 2.24) is 14.7 Å². The highest BCUT2D eigenvalue weighted by molar-refractivity contribution is 5.99. The van der Waals surface area contributed by atoms with E-state index < -0.39 is 41.1 Å². The van der Waals surface area contributed by atoms with Crippen LogP contribution in [0.15, 0.2) is 24.3 Å². The fourth-order valence-corrected chi connectivity index (χ4v) is 7.24. The first-order valence-corrected chi connectivity index (χ1v) is 15.0. The Morgan fingerprint density at radius 1 is 1.02 bits per heavy atom. The molecule has 5 aliphatic rings. The second kappa shape index (κ2) is 11.9. The molecule has 0 bridgehead atoms. The van der Waals surface area contributed by atoms with Gasteiger partial charge in [0.25, 0.3) is 0 Å². The van der Waals surface area contributed by atoms with Crippen molar-refractivity contribution < 1.29 is 33.7 Å². The van der Waals surface area contributed by atoms with Crippen LogP contribution in [-0.4, -0.2) is 120 Å². The van der Waals surface area contributed by atoms with Crippen molar-refractivity contribution >= 4 is 17.8 Å². The van der Waals surface area contributed by atoms with Crippen LogP contribution in [0.3, 0.4) is 0 Å². The average Bonchev–Trinajstić information content (AvgIpc) is 3.28. The van der Waals surface area contributed by atoms with Crippen molar-refractivity contribution in [3.8, 4) is 0 Å². The van der Waals surface area contributed by atoms with Gasteiger partial charge in [0.05, 0.1) is 44.0 Å². The third-order valence-electron chi connectivity index (χ3n) is 9.66. The van der Waals surface area contributed by atoms with Crippen LogP contribution in [0.25, 0.3) is 0 Å². The summed E-state index contributed by atoms with van der Waals surface area (Å²) in [5, 5.41) is 10.5. The van der Waals surface area contributed by atoms with E-state index in [4.69, 9.17) is 14.2 Å². The zero-order chi connectivity index (χ0) is 28.5. The monoisotopic (exact) mass is 559 g/mol. The van der Waals surface area contributed by atoms with E-state index in [0.717, 1.165) is 38.8 Å². The summed E-state index contributed by atoms with van der Waals surface area (Å²) < 4.78 is 18.0. The largest absolute Gasteiger partial charge is 0.465 e. The molecule has 7 atom stereocenters. The molecule has 222 valence electrons. The quantitative estimate of drug-likeness (QED) is 0.368. The fraction of sp³-hybridized carbons (Fsp3) is 0.767. The minimum absolute atomic E-state index is 0.0612. The number of ether oxygens (including phenoxy) is 3. The zero-order valence-electron chi connectivity index (χ0n) is 24.1. The van der Waals surface area contributed by atoms with Crippen molar-refractivity contribution in [1.29, 1.82) is 0 Å². The van der Waals surface area contributed by atoms with Gasteiger partial charge in [-0.3, -0.25) is 19.3 Å². The smallest absolute Gasteiger partial charge is 0.313 e. The maximum atomic E-state index is 14.5. The molecule has 0 aromatic heterocycles. The van der Waals surface area contributed by atoms with Crippen LogP contribution >= 0.6 is 0 Å². The van der Waals surface area contributed by atoms with Gasteiger partial charge in [-0.1, -0.05) is 44.6 Å². The maximum absolute atomic E-state index is 14.5. The number of hydrogen-bond donors (Lipinski definition) is 1. The first-order valence-electron chi connectivity index (χ1n) is 15.0. The molecule has 5 rings (SSSR count). The van der Waals surface area contributed by atoms with Gasteiger partial charge in [-0.25, -0.2) is 0 Å². The zero-order valence-corrected chi connectivity index (χ0v) is 24.1. The van der Waals surface area contributed by atoms with Gasteiger partial charge >= 0.3 is 5.97 Å². The van der Waals surface area contributed by atoms with E-state index in [1.54, 1.807) is 9.80 Å². The Balaban J connectivity index is 1.56. The molecular formula is C30H45N3O7. The summed E-state index contributed by atoms with van der Waals surface area (Å²) in [7, 11) is 0. The van der Waals surface area contributed by atoms with Crippen LogP contribution in [0.1, 0.15) is 46.5 Å². The number of allylic oxidation sites excluding steroid dienone is 1. The number of morpholine rings is 1. The summed E-state index contributed by atoms with van der Waals surface area (Å²) in [6, 6.07) is -1.57. The summed E-state index contributed by atoms with van der Waals surface area (Å²) >= 11 is 0. The number of carbonyl (C=O) groups is 3. The lowest BCUT2D eigenvalue weighted by atomic mass is 9.74. The molecule has 0 saturated carbocycles. The van der Waals surface area contributed by atoms with Crippen LogP contribution < -0.4 is 0 Å². The van der Waals surface area contributed by atoms with E-state index in [1.807, 2.05) is 45.1 Å². The van der Waals surface area contributed by atoms with Gasteiger partial charge in [0.2, 0.25) is 11.8 Å². The second-order valence-electron chi connectivity index (χ2n) is 12.1. The van der Waals surface area contributed by atoms with Crippen LogP contribution in [0.2, 0.25) is 0 Å². The Bertz CT molecular complexity index is 1030. The Morgan fingerprint density at radius 3 is 2.52 bits per heavy atom. The number of amides is 2.